The van der Waals surface area contributed by atoms with Gasteiger partial charge in [0.05, 0.1) is 12.2 Å². The molecule has 4 atom stereocenters. The molecule has 1 aromatic carbocycles. The Morgan fingerprint density at radius 1 is 1.20 bits per heavy atom. The molecule has 0 radical (unpaired) electrons. The minimum Gasteiger partial charge on any atom is -0.481 e. The van der Waals surface area contributed by atoms with Crippen LogP contribution < -0.4 is 10.1 Å². The minimum atomic E-state index is -0.585. The van der Waals surface area contributed by atoms with Crippen molar-refractivity contribution >= 4 is 11.9 Å². The number of benzene rings is 1. The molecule has 0 bridgehead atoms. The second-order valence-corrected chi connectivity index (χ2v) is 6.89. The first-order valence-corrected chi connectivity index (χ1v) is 9.16. The van der Waals surface area contributed by atoms with Gasteiger partial charge in [0.2, 0.25) is 0 Å². The van der Waals surface area contributed by atoms with E-state index in [1.165, 1.54) is 6.42 Å². The van der Waals surface area contributed by atoms with Crippen molar-refractivity contribution in [1.82, 2.24) is 5.32 Å². The largest absolute Gasteiger partial charge is 0.481 e. The van der Waals surface area contributed by atoms with Gasteiger partial charge in [0.1, 0.15) is 5.75 Å². The third-order valence-corrected chi connectivity index (χ3v) is 5.08. The summed E-state index contributed by atoms with van der Waals surface area (Å²) in [6, 6.07) is 6.86. The predicted octanol–water partition coefficient (Wildman–Crippen LogP) is 3.57. The third kappa shape index (κ3) is 5.21. The Morgan fingerprint density at radius 3 is 2.52 bits per heavy atom. The molecule has 0 aliphatic heterocycles. The Kier molecular flexibility index (Phi) is 6.85. The van der Waals surface area contributed by atoms with Crippen molar-refractivity contribution < 1.29 is 19.1 Å². The Balaban J connectivity index is 1.89. The second-order valence-electron chi connectivity index (χ2n) is 6.89. The van der Waals surface area contributed by atoms with Crippen molar-refractivity contribution in [1.29, 1.82) is 0 Å². The Hall–Kier alpha value is -2.04. The van der Waals surface area contributed by atoms with Crippen molar-refractivity contribution in [3.05, 3.63) is 29.8 Å². The van der Waals surface area contributed by atoms with E-state index in [4.69, 9.17) is 9.47 Å². The maximum Gasteiger partial charge on any atom is 0.338 e. The molecule has 5 heteroatoms. The number of nitrogens with one attached hydrogen (secondary N) is 1. The van der Waals surface area contributed by atoms with Gasteiger partial charge >= 0.3 is 5.97 Å². The van der Waals surface area contributed by atoms with Crippen molar-refractivity contribution in [2.45, 2.75) is 59.1 Å². The van der Waals surface area contributed by atoms with Gasteiger partial charge in [-0.05, 0) is 56.4 Å². The third-order valence-electron chi connectivity index (χ3n) is 5.08. The summed E-state index contributed by atoms with van der Waals surface area (Å²) in [6.45, 7) is 8.30. The fourth-order valence-electron chi connectivity index (χ4n) is 3.23. The van der Waals surface area contributed by atoms with Crippen molar-refractivity contribution in [2.24, 2.45) is 11.8 Å². The van der Waals surface area contributed by atoms with Crippen molar-refractivity contribution in [2.75, 3.05) is 6.61 Å². The molecule has 2 rings (SSSR count). The van der Waals surface area contributed by atoms with Crippen LogP contribution in [0.3, 0.4) is 0 Å². The summed E-state index contributed by atoms with van der Waals surface area (Å²) in [5.74, 6) is 1.21. The average Bonchev–Trinajstić information content (AvgIpc) is 2.59. The molecule has 0 aromatic heterocycles. The fourth-order valence-corrected chi connectivity index (χ4v) is 3.23. The lowest BCUT2D eigenvalue weighted by Gasteiger charge is -2.35. The normalized spacial score (nSPS) is 24.2. The van der Waals surface area contributed by atoms with Crippen LogP contribution in [0.4, 0.5) is 0 Å². The van der Waals surface area contributed by atoms with E-state index in [1.54, 1.807) is 38.1 Å². The standard InChI is InChI=1S/C20H29NO4/c1-5-24-20(23)16-9-11-17(12-10-16)25-15(4)19(22)21-18-8-6-7-13(2)14(18)3/h9-15,18H,5-8H2,1-4H3,(H,21,22)/t13-,14+,15-,18-/m1/s1. The van der Waals surface area contributed by atoms with Gasteiger partial charge in [0.15, 0.2) is 6.10 Å². The molecule has 1 N–H and O–H groups in total. The van der Waals surface area contributed by atoms with E-state index in [1.807, 2.05) is 0 Å². The van der Waals surface area contributed by atoms with Gasteiger partial charge in [-0.1, -0.05) is 26.7 Å². The van der Waals surface area contributed by atoms with Crippen LogP contribution in [0.1, 0.15) is 57.3 Å². The average molecular weight is 347 g/mol. The molecule has 25 heavy (non-hydrogen) atoms. The summed E-state index contributed by atoms with van der Waals surface area (Å²) in [5.41, 5.74) is 0.469. The first-order valence-electron chi connectivity index (χ1n) is 9.16. The van der Waals surface area contributed by atoms with E-state index in [0.29, 0.717) is 29.8 Å². The zero-order valence-electron chi connectivity index (χ0n) is 15.6. The molecule has 1 aliphatic carbocycles. The molecule has 1 aliphatic rings. The topological polar surface area (TPSA) is 64.6 Å². The van der Waals surface area contributed by atoms with Gasteiger partial charge in [-0.25, -0.2) is 4.79 Å². The Morgan fingerprint density at radius 2 is 1.88 bits per heavy atom. The summed E-state index contributed by atoms with van der Waals surface area (Å²) in [6.07, 6.45) is 2.82. The first kappa shape index (κ1) is 19.3. The van der Waals surface area contributed by atoms with E-state index in [-0.39, 0.29) is 17.9 Å². The molecule has 1 aromatic rings. The molecule has 0 heterocycles. The van der Waals surface area contributed by atoms with E-state index < -0.39 is 6.10 Å². The molecule has 5 nitrogen and oxygen atoms in total. The van der Waals surface area contributed by atoms with Crippen LogP contribution in [0.2, 0.25) is 0 Å². The lowest BCUT2D eigenvalue weighted by molar-refractivity contribution is -0.128. The molecule has 1 saturated carbocycles. The smallest absolute Gasteiger partial charge is 0.338 e. The van der Waals surface area contributed by atoms with Gasteiger partial charge in [-0.15, -0.1) is 0 Å². The maximum absolute atomic E-state index is 12.4. The van der Waals surface area contributed by atoms with Crippen LogP contribution in [0.15, 0.2) is 24.3 Å². The number of ether oxygens (including phenoxy) is 2. The summed E-state index contributed by atoms with van der Waals surface area (Å²) in [4.78, 5) is 24.1. The van der Waals surface area contributed by atoms with Crippen LogP contribution in [0, 0.1) is 11.8 Å². The summed E-state index contributed by atoms with van der Waals surface area (Å²) in [5, 5.41) is 3.13. The maximum atomic E-state index is 12.4. The highest BCUT2D eigenvalue weighted by molar-refractivity contribution is 5.89. The zero-order valence-corrected chi connectivity index (χ0v) is 15.6. The van der Waals surface area contributed by atoms with Crippen molar-refractivity contribution in [3.63, 3.8) is 0 Å². The van der Waals surface area contributed by atoms with Gasteiger partial charge in [-0.2, -0.15) is 0 Å². The summed E-state index contributed by atoms with van der Waals surface area (Å²) in [7, 11) is 0. The van der Waals surface area contributed by atoms with E-state index >= 15 is 0 Å². The molecular weight excluding hydrogens is 318 g/mol. The van der Waals surface area contributed by atoms with Crippen LogP contribution in [-0.4, -0.2) is 30.6 Å². The van der Waals surface area contributed by atoms with E-state index in [2.05, 4.69) is 19.2 Å². The number of amides is 1. The first-order chi connectivity index (χ1) is 11.9. The summed E-state index contributed by atoms with van der Waals surface area (Å²) >= 11 is 0. The molecule has 0 unspecified atom stereocenters. The fraction of sp³-hybridized carbons (Fsp3) is 0.600. The quantitative estimate of drug-likeness (QED) is 0.799. The van der Waals surface area contributed by atoms with Gasteiger partial charge in [0.25, 0.3) is 5.91 Å². The predicted molar refractivity (Wildman–Crippen MR) is 96.6 cm³/mol. The lowest BCUT2D eigenvalue weighted by atomic mass is 9.78. The number of hydrogen-bond donors (Lipinski definition) is 1. The van der Waals surface area contributed by atoms with E-state index in [0.717, 1.165) is 12.8 Å². The van der Waals surface area contributed by atoms with E-state index in [9.17, 15) is 9.59 Å². The molecule has 1 fully saturated rings. The number of rotatable bonds is 6. The number of carbonyl (C=O) groups excluding carboxylic acids is 2. The lowest BCUT2D eigenvalue weighted by Crippen LogP contribution is -2.48. The highest BCUT2D eigenvalue weighted by atomic mass is 16.5. The molecular formula is C20H29NO4. The summed E-state index contributed by atoms with van der Waals surface area (Å²) < 4.78 is 10.7. The SMILES string of the molecule is CCOC(=O)c1ccc(O[C@H](C)C(=O)N[C@@H]2CCC[C@@H](C)[C@@H]2C)cc1. The number of carbonyl (C=O) groups is 2. The van der Waals surface area contributed by atoms with Gasteiger partial charge < -0.3 is 14.8 Å². The van der Waals surface area contributed by atoms with Gasteiger partial charge in [0, 0.05) is 6.04 Å². The van der Waals surface area contributed by atoms with Crippen molar-refractivity contribution in [3.8, 4) is 5.75 Å². The minimum absolute atomic E-state index is 0.0968. The Labute approximate surface area is 150 Å². The van der Waals surface area contributed by atoms with Crippen LogP contribution >= 0.6 is 0 Å². The highest BCUT2D eigenvalue weighted by Gasteiger charge is 2.29. The highest BCUT2D eigenvalue weighted by Crippen LogP contribution is 2.29. The van der Waals surface area contributed by atoms with Gasteiger partial charge in [-0.3, -0.25) is 4.79 Å². The van der Waals surface area contributed by atoms with Crippen LogP contribution in [-0.2, 0) is 9.53 Å². The molecule has 0 spiro atoms. The number of esters is 1. The molecule has 1 amide bonds. The zero-order chi connectivity index (χ0) is 18.4. The second kappa shape index (κ2) is 8.88. The van der Waals surface area contributed by atoms with Crippen LogP contribution in [0.25, 0.3) is 0 Å². The molecule has 138 valence electrons. The number of hydrogen-bond acceptors (Lipinski definition) is 4. The monoisotopic (exact) mass is 347 g/mol. The Bertz CT molecular complexity index is 584. The van der Waals surface area contributed by atoms with Crippen LogP contribution in [0.5, 0.6) is 5.75 Å². The molecule has 0 saturated heterocycles.